The molecule has 0 atom stereocenters. The lowest BCUT2D eigenvalue weighted by Gasteiger charge is -2.06. The molecule has 7 heteroatoms. The van der Waals surface area contributed by atoms with Crippen LogP contribution in [0.4, 0.5) is 5.82 Å². The summed E-state index contributed by atoms with van der Waals surface area (Å²) in [6.07, 6.45) is 3.12. The summed E-state index contributed by atoms with van der Waals surface area (Å²) >= 11 is 0. The number of hydrogen-bond acceptors (Lipinski definition) is 6. The van der Waals surface area contributed by atoms with Gasteiger partial charge in [0.05, 0.1) is 18.1 Å². The van der Waals surface area contributed by atoms with Crippen LogP contribution < -0.4 is 11.5 Å². The first-order valence-corrected chi connectivity index (χ1v) is 6.85. The molecule has 7 nitrogen and oxygen atoms in total. The molecule has 22 heavy (non-hydrogen) atoms. The van der Waals surface area contributed by atoms with Crippen molar-refractivity contribution in [3.63, 3.8) is 0 Å². The van der Waals surface area contributed by atoms with Gasteiger partial charge in [0.1, 0.15) is 5.82 Å². The number of benzene rings is 1. The molecule has 2 N–H and O–H groups in total. The van der Waals surface area contributed by atoms with Crippen molar-refractivity contribution in [1.82, 2.24) is 19.7 Å². The molecule has 0 unspecified atom stereocenters. The van der Waals surface area contributed by atoms with Crippen LogP contribution in [0.25, 0.3) is 22.7 Å². The fourth-order valence-corrected chi connectivity index (χ4v) is 2.13. The van der Waals surface area contributed by atoms with Crippen LogP contribution in [0.2, 0.25) is 0 Å². The molecule has 0 saturated heterocycles. The first kappa shape index (κ1) is 14.0. The third-order valence-electron chi connectivity index (χ3n) is 3.34. The number of nitrogens with zero attached hydrogens (tertiary/aromatic N) is 4. The lowest BCUT2D eigenvalue weighted by atomic mass is 10.0. The summed E-state index contributed by atoms with van der Waals surface area (Å²) in [7, 11) is 0. The van der Waals surface area contributed by atoms with Crippen LogP contribution in [-0.4, -0.2) is 19.7 Å². The van der Waals surface area contributed by atoms with Gasteiger partial charge in [0.2, 0.25) is 5.89 Å². The smallest absolute Gasteiger partial charge is 0.388 e. The van der Waals surface area contributed by atoms with E-state index < -0.39 is 5.76 Å². The molecule has 1 aromatic carbocycles. The molecule has 2 aromatic heterocycles. The quantitative estimate of drug-likeness (QED) is 0.792. The zero-order chi connectivity index (χ0) is 15.7. The fourth-order valence-electron chi connectivity index (χ4n) is 2.13. The molecule has 3 aromatic rings. The Morgan fingerprint density at radius 2 is 2.09 bits per heavy atom. The lowest BCUT2D eigenvalue weighted by Crippen LogP contribution is -2.13. The van der Waals surface area contributed by atoms with Crippen molar-refractivity contribution in [3.8, 4) is 22.7 Å². The van der Waals surface area contributed by atoms with Gasteiger partial charge in [-0.15, -0.1) is 5.10 Å². The average Bonchev–Trinajstić information content (AvgIpc) is 2.90. The normalized spacial score (nSPS) is 10.8. The number of nitrogen functional groups attached to an aromatic ring is 1. The van der Waals surface area contributed by atoms with Gasteiger partial charge in [-0.3, -0.25) is 4.98 Å². The molecule has 3 rings (SSSR count). The van der Waals surface area contributed by atoms with Gasteiger partial charge in [-0.05, 0) is 31.5 Å². The molecule has 0 aliphatic rings. The third-order valence-corrected chi connectivity index (χ3v) is 3.34. The van der Waals surface area contributed by atoms with Crippen molar-refractivity contribution >= 4 is 5.82 Å². The molecule has 0 saturated carbocycles. The summed E-state index contributed by atoms with van der Waals surface area (Å²) < 4.78 is 6.46. The van der Waals surface area contributed by atoms with Crippen molar-refractivity contribution in [3.05, 3.63) is 46.7 Å². The highest BCUT2D eigenvalue weighted by Gasteiger charge is 2.12. The van der Waals surface area contributed by atoms with Crippen molar-refractivity contribution in [2.75, 3.05) is 5.73 Å². The topological polar surface area (TPSA) is 99.8 Å². The largest absolute Gasteiger partial charge is 0.437 e. The molecular weight excluding hydrogens is 282 g/mol. The SMILES string of the molecule is CCn1nc(-c2ccc(C)c(-c3cnc(N)cn3)c2)oc1=O. The number of anilines is 1. The van der Waals surface area contributed by atoms with E-state index in [1.165, 1.54) is 10.9 Å². The number of nitrogens with two attached hydrogens (primary N) is 1. The van der Waals surface area contributed by atoms with E-state index in [1.54, 1.807) is 6.20 Å². The van der Waals surface area contributed by atoms with Crippen LogP contribution >= 0.6 is 0 Å². The zero-order valence-electron chi connectivity index (χ0n) is 12.3. The van der Waals surface area contributed by atoms with E-state index in [-0.39, 0.29) is 5.89 Å². The Hall–Kier alpha value is -2.96. The highest BCUT2D eigenvalue weighted by molar-refractivity contribution is 5.70. The lowest BCUT2D eigenvalue weighted by molar-refractivity contribution is 0.490. The van der Waals surface area contributed by atoms with E-state index in [2.05, 4.69) is 15.1 Å². The summed E-state index contributed by atoms with van der Waals surface area (Å²) in [6.45, 7) is 4.26. The van der Waals surface area contributed by atoms with Crippen molar-refractivity contribution in [1.29, 1.82) is 0 Å². The van der Waals surface area contributed by atoms with Crippen LogP contribution in [0.1, 0.15) is 12.5 Å². The second-order valence-electron chi connectivity index (χ2n) is 4.85. The Labute approximate surface area is 126 Å². The zero-order valence-corrected chi connectivity index (χ0v) is 12.3. The van der Waals surface area contributed by atoms with Crippen LogP contribution in [0.3, 0.4) is 0 Å². The average molecular weight is 297 g/mol. The highest BCUT2D eigenvalue weighted by atomic mass is 16.4. The van der Waals surface area contributed by atoms with Crippen LogP contribution in [0, 0.1) is 6.92 Å². The van der Waals surface area contributed by atoms with E-state index in [4.69, 9.17) is 10.2 Å². The van der Waals surface area contributed by atoms with Gasteiger partial charge in [-0.2, -0.15) is 4.68 Å². The maximum atomic E-state index is 11.6. The van der Waals surface area contributed by atoms with Crippen LogP contribution in [0.5, 0.6) is 0 Å². The van der Waals surface area contributed by atoms with Gasteiger partial charge in [-0.1, -0.05) is 6.07 Å². The number of aryl methyl sites for hydroxylation is 2. The Morgan fingerprint density at radius 3 is 2.73 bits per heavy atom. The summed E-state index contributed by atoms with van der Waals surface area (Å²) in [5, 5.41) is 4.16. The van der Waals surface area contributed by atoms with Crippen molar-refractivity contribution in [2.24, 2.45) is 0 Å². The third kappa shape index (κ3) is 2.48. The van der Waals surface area contributed by atoms with Gasteiger partial charge >= 0.3 is 5.76 Å². The minimum absolute atomic E-state index is 0.288. The summed E-state index contributed by atoms with van der Waals surface area (Å²) in [4.78, 5) is 19.9. The molecule has 0 aliphatic carbocycles. The minimum atomic E-state index is -0.466. The van der Waals surface area contributed by atoms with Crippen molar-refractivity contribution in [2.45, 2.75) is 20.4 Å². The molecule has 0 amide bonds. The molecule has 2 heterocycles. The van der Waals surface area contributed by atoms with Gasteiger partial charge < -0.3 is 10.2 Å². The van der Waals surface area contributed by atoms with Crippen LogP contribution in [-0.2, 0) is 6.54 Å². The number of rotatable bonds is 3. The van der Waals surface area contributed by atoms with E-state index in [1.807, 2.05) is 32.0 Å². The maximum absolute atomic E-state index is 11.6. The van der Waals surface area contributed by atoms with Gasteiger partial charge in [0, 0.05) is 17.7 Å². The molecule has 0 radical (unpaired) electrons. The van der Waals surface area contributed by atoms with E-state index in [0.29, 0.717) is 23.6 Å². The van der Waals surface area contributed by atoms with Gasteiger partial charge in [0.25, 0.3) is 0 Å². The summed E-state index contributed by atoms with van der Waals surface area (Å²) in [6, 6.07) is 5.66. The highest BCUT2D eigenvalue weighted by Crippen LogP contribution is 2.26. The first-order chi connectivity index (χ1) is 10.6. The number of aromatic nitrogens is 4. The molecule has 0 bridgehead atoms. The standard InChI is InChI=1S/C15H15N5O2/c1-3-20-15(21)22-14(19-20)10-5-4-9(2)11(6-10)12-7-18-13(16)8-17-12/h4-8H,3H2,1-2H3,(H2,16,18). The molecule has 112 valence electrons. The Kier molecular flexibility index (Phi) is 3.46. The van der Waals surface area contributed by atoms with E-state index in [0.717, 1.165) is 11.1 Å². The summed E-state index contributed by atoms with van der Waals surface area (Å²) in [5.74, 6) is 0.189. The monoisotopic (exact) mass is 297 g/mol. The number of hydrogen-bond donors (Lipinski definition) is 1. The first-order valence-electron chi connectivity index (χ1n) is 6.85. The minimum Gasteiger partial charge on any atom is -0.388 e. The Bertz CT molecular complexity index is 864. The van der Waals surface area contributed by atoms with E-state index >= 15 is 0 Å². The van der Waals surface area contributed by atoms with Crippen molar-refractivity contribution < 1.29 is 4.42 Å². The molecule has 0 fully saturated rings. The summed E-state index contributed by atoms with van der Waals surface area (Å²) in [5.41, 5.74) is 8.89. The predicted molar refractivity (Wildman–Crippen MR) is 82.0 cm³/mol. The predicted octanol–water partition coefficient (Wildman–Crippen LogP) is 1.87. The van der Waals surface area contributed by atoms with Crippen LogP contribution in [0.15, 0.2) is 39.8 Å². The molecular formula is C15H15N5O2. The molecule has 0 aliphatic heterocycles. The second-order valence-corrected chi connectivity index (χ2v) is 4.85. The Morgan fingerprint density at radius 1 is 1.27 bits per heavy atom. The maximum Gasteiger partial charge on any atom is 0.437 e. The second kappa shape index (κ2) is 5.44. The molecule has 0 spiro atoms. The van der Waals surface area contributed by atoms with Gasteiger partial charge in [0.15, 0.2) is 0 Å². The fraction of sp³-hybridized carbons (Fsp3) is 0.200. The van der Waals surface area contributed by atoms with E-state index in [9.17, 15) is 4.79 Å². The van der Waals surface area contributed by atoms with Gasteiger partial charge in [-0.25, -0.2) is 9.78 Å². The Balaban J connectivity index is 2.09.